The largest absolute Gasteiger partial charge is 0.368 e. The molecule has 5 rings (SSSR count). The van der Waals surface area contributed by atoms with Crippen molar-refractivity contribution < 1.29 is 14.3 Å². The van der Waals surface area contributed by atoms with E-state index in [1.54, 1.807) is 0 Å². The lowest BCUT2D eigenvalue weighted by Crippen LogP contribution is -2.47. The Morgan fingerprint density at radius 2 is 1.78 bits per heavy atom. The fourth-order valence-corrected chi connectivity index (χ4v) is 4.55. The molecule has 2 aliphatic heterocycles. The number of amides is 2. The molecule has 2 saturated heterocycles. The monoisotopic (exact) mass is 432 g/mol. The minimum atomic E-state index is -0.292. The molecule has 0 aliphatic carbocycles. The average Bonchev–Trinajstić information content (AvgIpc) is 3.29. The number of likely N-dealkylation sites (tertiary alicyclic amines) is 1. The molecule has 2 N–H and O–H groups in total. The summed E-state index contributed by atoms with van der Waals surface area (Å²) in [5.74, 6) is 0.830. The topological polar surface area (TPSA) is 87.3 Å². The average molecular weight is 433 g/mol. The van der Waals surface area contributed by atoms with E-state index in [-0.39, 0.29) is 23.8 Å². The first-order valence-electron chi connectivity index (χ1n) is 11.4. The van der Waals surface area contributed by atoms with Gasteiger partial charge in [0.05, 0.1) is 11.0 Å². The summed E-state index contributed by atoms with van der Waals surface area (Å²) >= 11 is 0. The van der Waals surface area contributed by atoms with Crippen molar-refractivity contribution in [3.8, 4) is 11.4 Å². The number of rotatable bonds is 4. The molecule has 32 heavy (non-hydrogen) atoms. The van der Waals surface area contributed by atoms with Gasteiger partial charge in [0.15, 0.2) is 0 Å². The summed E-state index contributed by atoms with van der Waals surface area (Å²) in [6.07, 6.45) is 3.96. The number of hydrogen-bond acceptors (Lipinski definition) is 4. The number of carbonyl (C=O) groups excluding carboxylic acids is 2. The van der Waals surface area contributed by atoms with Crippen LogP contribution in [0.4, 0.5) is 5.69 Å². The number of nitrogens with zero attached hydrogens (tertiary/aromatic N) is 2. The van der Waals surface area contributed by atoms with Crippen molar-refractivity contribution in [2.75, 3.05) is 25.0 Å². The first-order chi connectivity index (χ1) is 15.7. The van der Waals surface area contributed by atoms with Gasteiger partial charge in [-0.15, -0.1) is 0 Å². The molecule has 1 atom stereocenters. The molecule has 2 aromatic carbocycles. The summed E-state index contributed by atoms with van der Waals surface area (Å²) < 4.78 is 5.63. The highest BCUT2D eigenvalue weighted by atomic mass is 16.5. The zero-order valence-electron chi connectivity index (χ0n) is 18.0. The maximum Gasteiger partial charge on any atom is 0.251 e. The quantitative estimate of drug-likeness (QED) is 0.653. The number of anilines is 1. The normalized spacial score (nSPS) is 19.8. The second-order valence-electron chi connectivity index (χ2n) is 8.62. The number of carbonyl (C=O) groups is 2. The number of piperidine rings is 1. The summed E-state index contributed by atoms with van der Waals surface area (Å²) in [5.41, 5.74) is 3.67. The first-order valence-corrected chi connectivity index (χ1v) is 11.4. The minimum Gasteiger partial charge on any atom is -0.368 e. The number of H-pyrrole nitrogens is 1. The zero-order chi connectivity index (χ0) is 21.9. The highest BCUT2D eigenvalue weighted by Gasteiger charge is 2.32. The maximum absolute atomic E-state index is 12.8. The first kappa shape index (κ1) is 20.7. The van der Waals surface area contributed by atoms with Crippen molar-refractivity contribution in [1.82, 2.24) is 14.9 Å². The predicted molar refractivity (Wildman–Crippen MR) is 123 cm³/mol. The van der Waals surface area contributed by atoms with E-state index in [1.807, 2.05) is 53.4 Å². The van der Waals surface area contributed by atoms with Gasteiger partial charge in [-0.05, 0) is 68.5 Å². The highest BCUT2D eigenvalue weighted by Crippen LogP contribution is 2.25. The number of benzene rings is 2. The van der Waals surface area contributed by atoms with Crippen molar-refractivity contribution in [3.05, 3.63) is 48.5 Å². The molecule has 3 aromatic rings. The minimum absolute atomic E-state index is 0.0162. The van der Waals surface area contributed by atoms with Gasteiger partial charge in [-0.1, -0.05) is 12.1 Å². The van der Waals surface area contributed by atoms with E-state index < -0.39 is 0 Å². The smallest absolute Gasteiger partial charge is 0.251 e. The molecule has 166 valence electrons. The summed E-state index contributed by atoms with van der Waals surface area (Å²) in [7, 11) is 0. The lowest BCUT2D eigenvalue weighted by molar-refractivity contribution is -0.148. The third-order valence-electron chi connectivity index (χ3n) is 6.45. The number of para-hydroxylation sites is 2. The summed E-state index contributed by atoms with van der Waals surface area (Å²) in [4.78, 5) is 35.2. The van der Waals surface area contributed by atoms with Gasteiger partial charge in [0.2, 0.25) is 5.91 Å². The van der Waals surface area contributed by atoms with Crippen LogP contribution in [0.15, 0.2) is 48.5 Å². The van der Waals surface area contributed by atoms with Crippen LogP contribution >= 0.6 is 0 Å². The van der Waals surface area contributed by atoms with E-state index in [0.29, 0.717) is 32.5 Å². The number of hydrogen-bond donors (Lipinski definition) is 2. The van der Waals surface area contributed by atoms with E-state index >= 15 is 0 Å². The second-order valence-corrected chi connectivity index (χ2v) is 8.62. The van der Waals surface area contributed by atoms with Crippen LogP contribution < -0.4 is 5.32 Å². The van der Waals surface area contributed by atoms with Crippen molar-refractivity contribution >= 4 is 28.5 Å². The van der Waals surface area contributed by atoms with Crippen LogP contribution in [-0.4, -0.2) is 52.5 Å². The van der Waals surface area contributed by atoms with E-state index in [4.69, 9.17) is 4.74 Å². The maximum atomic E-state index is 12.8. The number of aromatic amines is 1. The van der Waals surface area contributed by atoms with Gasteiger partial charge < -0.3 is 19.9 Å². The predicted octanol–water partition coefficient (Wildman–Crippen LogP) is 3.98. The van der Waals surface area contributed by atoms with Gasteiger partial charge in [0, 0.05) is 36.9 Å². The molecule has 2 fully saturated rings. The number of nitrogens with one attached hydrogen (secondary N) is 2. The van der Waals surface area contributed by atoms with Gasteiger partial charge in [0.25, 0.3) is 5.91 Å². The molecular weight excluding hydrogens is 404 g/mol. The van der Waals surface area contributed by atoms with E-state index in [2.05, 4.69) is 15.3 Å². The fraction of sp³-hybridized carbons (Fsp3) is 0.400. The molecule has 0 radical (unpaired) electrons. The Kier molecular flexibility index (Phi) is 5.90. The molecule has 0 spiro atoms. The molecule has 2 aliphatic rings. The second kappa shape index (κ2) is 9.12. The van der Waals surface area contributed by atoms with E-state index in [0.717, 1.165) is 47.4 Å². The van der Waals surface area contributed by atoms with E-state index in [9.17, 15) is 9.59 Å². The molecule has 3 heterocycles. The Labute approximate surface area is 187 Å². The Hall–Kier alpha value is -3.19. The van der Waals surface area contributed by atoms with Crippen molar-refractivity contribution in [3.63, 3.8) is 0 Å². The Balaban J connectivity index is 1.15. The molecule has 0 unspecified atom stereocenters. The van der Waals surface area contributed by atoms with Gasteiger partial charge in [0.1, 0.15) is 11.9 Å². The number of fused-ring (bicyclic) bond motifs is 1. The van der Waals surface area contributed by atoms with Crippen LogP contribution in [-0.2, 0) is 14.3 Å². The Morgan fingerprint density at radius 3 is 2.50 bits per heavy atom. The van der Waals surface area contributed by atoms with Crippen molar-refractivity contribution in [2.24, 2.45) is 5.92 Å². The molecule has 2 amide bonds. The zero-order valence-corrected chi connectivity index (χ0v) is 18.0. The van der Waals surface area contributed by atoms with Gasteiger partial charge in [-0.3, -0.25) is 9.59 Å². The Morgan fingerprint density at radius 1 is 1.00 bits per heavy atom. The molecule has 1 aromatic heterocycles. The SMILES string of the molecule is O=C(Nc1ccc(-c2nc3ccccc3[nH]2)cc1)C1CCN(C(=O)[C@@H]2CCCCO2)CC1. The van der Waals surface area contributed by atoms with Crippen LogP contribution in [0, 0.1) is 5.92 Å². The molecule has 0 bridgehead atoms. The molecular formula is C25H28N4O3. The summed E-state index contributed by atoms with van der Waals surface area (Å²) in [6, 6.07) is 15.6. The third kappa shape index (κ3) is 4.39. The number of imidazole rings is 1. The van der Waals surface area contributed by atoms with Gasteiger partial charge in [-0.2, -0.15) is 0 Å². The standard InChI is InChI=1S/C25H28N4O3/c30-24(18-12-14-29(15-13-18)25(31)22-7-3-4-16-32-22)26-19-10-8-17(9-11-19)23-27-20-5-1-2-6-21(20)28-23/h1-2,5-6,8-11,18,22H,3-4,7,12-16H2,(H,26,30)(H,27,28)/t22-/m0/s1. The van der Waals surface area contributed by atoms with Crippen LogP contribution in [0.1, 0.15) is 32.1 Å². The summed E-state index contributed by atoms with van der Waals surface area (Å²) in [5, 5.41) is 3.03. The number of ether oxygens (including phenoxy) is 1. The molecule has 7 heteroatoms. The molecule has 0 saturated carbocycles. The summed E-state index contributed by atoms with van der Waals surface area (Å²) in [6.45, 7) is 1.90. The van der Waals surface area contributed by atoms with E-state index in [1.165, 1.54) is 0 Å². The molecule has 7 nitrogen and oxygen atoms in total. The highest BCUT2D eigenvalue weighted by molar-refractivity contribution is 5.93. The van der Waals surface area contributed by atoms with Gasteiger partial charge in [-0.25, -0.2) is 4.98 Å². The number of aromatic nitrogens is 2. The third-order valence-corrected chi connectivity index (χ3v) is 6.45. The van der Waals surface area contributed by atoms with Gasteiger partial charge >= 0.3 is 0 Å². The van der Waals surface area contributed by atoms with Crippen molar-refractivity contribution in [1.29, 1.82) is 0 Å². The Bertz CT molecular complexity index is 1060. The van der Waals surface area contributed by atoms with Crippen molar-refractivity contribution in [2.45, 2.75) is 38.2 Å². The lowest BCUT2D eigenvalue weighted by atomic mass is 9.95. The van der Waals surface area contributed by atoms with Crippen LogP contribution in [0.3, 0.4) is 0 Å². The van der Waals surface area contributed by atoms with Crippen LogP contribution in [0.5, 0.6) is 0 Å². The lowest BCUT2D eigenvalue weighted by Gasteiger charge is -2.34. The van der Waals surface area contributed by atoms with Crippen LogP contribution in [0.2, 0.25) is 0 Å². The van der Waals surface area contributed by atoms with Crippen LogP contribution in [0.25, 0.3) is 22.4 Å². The fourth-order valence-electron chi connectivity index (χ4n) is 4.55.